The van der Waals surface area contributed by atoms with Crippen LogP contribution in [-0.2, 0) is 9.53 Å². The molecule has 126 valence electrons. The Bertz CT molecular complexity index is 747. The highest BCUT2D eigenvalue weighted by atomic mass is 35.5. The van der Waals surface area contributed by atoms with Gasteiger partial charge in [-0.3, -0.25) is 4.79 Å². The van der Waals surface area contributed by atoms with Gasteiger partial charge in [0.25, 0.3) is 5.91 Å². The van der Waals surface area contributed by atoms with E-state index in [4.69, 9.17) is 27.9 Å². The largest absolute Gasteiger partial charge is 0.479 e. The molecule has 1 N–H and O–H groups in total. The van der Waals surface area contributed by atoms with Crippen molar-refractivity contribution in [2.45, 2.75) is 13.0 Å². The number of nitrogens with one attached hydrogen (secondary N) is 1. The van der Waals surface area contributed by atoms with E-state index >= 15 is 0 Å². The number of ether oxygens (including phenoxy) is 2. The second-order valence-corrected chi connectivity index (χ2v) is 5.74. The van der Waals surface area contributed by atoms with Crippen LogP contribution in [0.2, 0.25) is 10.0 Å². The molecule has 0 unspecified atom stereocenters. The van der Waals surface area contributed by atoms with Crippen molar-refractivity contribution >= 4 is 40.8 Å². The van der Waals surface area contributed by atoms with Crippen molar-refractivity contribution in [2.75, 3.05) is 12.4 Å². The highest BCUT2D eigenvalue weighted by Gasteiger charge is 2.16. The predicted octanol–water partition coefficient (Wildman–Crippen LogP) is 4.19. The number of carbonyl (C=O) groups excluding carboxylic acids is 2. The van der Waals surface area contributed by atoms with Gasteiger partial charge in [0.2, 0.25) is 0 Å². The fraction of sp³-hybridized carbons (Fsp3) is 0.176. The number of methoxy groups -OCH3 is 1. The topological polar surface area (TPSA) is 64.6 Å². The molecule has 0 saturated carbocycles. The molecule has 1 amide bonds. The number of carbonyl (C=O) groups is 2. The van der Waals surface area contributed by atoms with E-state index in [2.05, 4.69) is 10.1 Å². The van der Waals surface area contributed by atoms with Crippen molar-refractivity contribution in [2.24, 2.45) is 0 Å². The van der Waals surface area contributed by atoms with Crippen LogP contribution in [0, 0.1) is 0 Å². The number of halogens is 2. The SMILES string of the molecule is COC(=O)c1ccc(NC(=O)[C@H](C)Oc2ccc(Cl)cc2Cl)cc1. The molecule has 0 heterocycles. The predicted molar refractivity (Wildman–Crippen MR) is 93.0 cm³/mol. The van der Waals surface area contributed by atoms with Gasteiger partial charge in [0, 0.05) is 10.7 Å². The Hall–Kier alpha value is -2.24. The summed E-state index contributed by atoms with van der Waals surface area (Å²) in [5.74, 6) is -0.432. The molecule has 5 nitrogen and oxygen atoms in total. The third-order valence-electron chi connectivity index (χ3n) is 3.14. The van der Waals surface area contributed by atoms with Crippen LogP contribution in [0.4, 0.5) is 5.69 Å². The van der Waals surface area contributed by atoms with E-state index in [9.17, 15) is 9.59 Å². The molecule has 0 aliphatic heterocycles. The Kier molecular flexibility index (Phi) is 6.06. The summed E-state index contributed by atoms with van der Waals surface area (Å²) in [5.41, 5.74) is 0.929. The minimum atomic E-state index is -0.774. The van der Waals surface area contributed by atoms with E-state index in [0.717, 1.165) is 0 Å². The van der Waals surface area contributed by atoms with Gasteiger partial charge in [-0.1, -0.05) is 23.2 Å². The van der Waals surface area contributed by atoms with Crippen LogP contribution < -0.4 is 10.1 Å². The van der Waals surface area contributed by atoms with Crippen LogP contribution in [0.3, 0.4) is 0 Å². The van der Waals surface area contributed by atoms with E-state index in [0.29, 0.717) is 27.0 Å². The summed E-state index contributed by atoms with van der Waals surface area (Å²) < 4.78 is 10.1. The number of hydrogen-bond acceptors (Lipinski definition) is 4. The third-order valence-corrected chi connectivity index (χ3v) is 3.67. The summed E-state index contributed by atoms with van der Waals surface area (Å²) >= 11 is 11.8. The van der Waals surface area contributed by atoms with Gasteiger partial charge in [-0.05, 0) is 49.4 Å². The fourth-order valence-corrected chi connectivity index (χ4v) is 2.32. The monoisotopic (exact) mass is 367 g/mol. The Morgan fingerprint density at radius 2 is 1.75 bits per heavy atom. The van der Waals surface area contributed by atoms with Gasteiger partial charge >= 0.3 is 5.97 Å². The maximum absolute atomic E-state index is 12.2. The van der Waals surface area contributed by atoms with Crippen molar-refractivity contribution < 1.29 is 19.1 Å². The third kappa shape index (κ3) is 4.63. The number of anilines is 1. The molecule has 0 fully saturated rings. The highest BCUT2D eigenvalue weighted by Crippen LogP contribution is 2.28. The number of benzene rings is 2. The lowest BCUT2D eigenvalue weighted by Gasteiger charge is -2.16. The zero-order valence-corrected chi connectivity index (χ0v) is 14.5. The number of hydrogen-bond donors (Lipinski definition) is 1. The molecule has 1 atom stereocenters. The molecule has 0 aromatic heterocycles. The molecule has 7 heteroatoms. The standard InChI is InChI=1S/C17H15Cl2NO4/c1-10(24-15-8-5-12(18)9-14(15)19)16(21)20-13-6-3-11(4-7-13)17(22)23-2/h3-10H,1-2H3,(H,20,21)/t10-/m0/s1. The van der Waals surface area contributed by atoms with E-state index in [1.54, 1.807) is 43.3 Å². The molecule has 2 aromatic carbocycles. The van der Waals surface area contributed by atoms with Gasteiger partial charge < -0.3 is 14.8 Å². The first-order valence-electron chi connectivity index (χ1n) is 7.01. The molecular weight excluding hydrogens is 353 g/mol. The van der Waals surface area contributed by atoms with Gasteiger partial charge in [0.05, 0.1) is 17.7 Å². The maximum atomic E-state index is 12.2. The minimum Gasteiger partial charge on any atom is -0.479 e. The number of esters is 1. The Labute approximate surface area is 149 Å². The van der Waals surface area contributed by atoms with Gasteiger partial charge in [0.15, 0.2) is 6.10 Å². The molecule has 0 bridgehead atoms. The lowest BCUT2D eigenvalue weighted by Crippen LogP contribution is -2.30. The minimum absolute atomic E-state index is 0.324. The summed E-state index contributed by atoms with van der Waals surface area (Å²) in [6.45, 7) is 1.60. The maximum Gasteiger partial charge on any atom is 0.337 e. The Morgan fingerprint density at radius 1 is 1.08 bits per heavy atom. The number of rotatable bonds is 5. The van der Waals surface area contributed by atoms with Crippen molar-refractivity contribution in [1.29, 1.82) is 0 Å². The normalized spacial score (nSPS) is 11.5. The summed E-state index contributed by atoms with van der Waals surface area (Å²) in [4.78, 5) is 23.5. The fourth-order valence-electron chi connectivity index (χ4n) is 1.87. The Balaban J connectivity index is 1.99. The zero-order valence-electron chi connectivity index (χ0n) is 13.0. The molecule has 2 rings (SSSR count). The molecular formula is C17H15Cl2NO4. The van der Waals surface area contributed by atoms with Crippen molar-refractivity contribution in [3.63, 3.8) is 0 Å². The zero-order chi connectivity index (χ0) is 17.7. The molecule has 2 aromatic rings. The molecule has 0 radical (unpaired) electrons. The lowest BCUT2D eigenvalue weighted by molar-refractivity contribution is -0.122. The van der Waals surface area contributed by atoms with Crippen LogP contribution in [0.15, 0.2) is 42.5 Å². The van der Waals surface area contributed by atoms with E-state index < -0.39 is 12.1 Å². The smallest absolute Gasteiger partial charge is 0.337 e. The van der Waals surface area contributed by atoms with Crippen LogP contribution >= 0.6 is 23.2 Å². The second kappa shape index (κ2) is 8.04. The van der Waals surface area contributed by atoms with Crippen molar-refractivity contribution in [3.8, 4) is 5.75 Å². The average Bonchev–Trinajstić information content (AvgIpc) is 2.57. The molecule has 0 aliphatic rings. The first-order valence-corrected chi connectivity index (χ1v) is 7.77. The lowest BCUT2D eigenvalue weighted by atomic mass is 10.2. The average molecular weight is 368 g/mol. The second-order valence-electron chi connectivity index (χ2n) is 4.89. The number of amides is 1. The van der Waals surface area contributed by atoms with Gasteiger partial charge in [-0.2, -0.15) is 0 Å². The first kappa shape index (κ1) is 18.1. The van der Waals surface area contributed by atoms with Gasteiger partial charge in [0.1, 0.15) is 5.75 Å². The highest BCUT2D eigenvalue weighted by molar-refractivity contribution is 6.35. The van der Waals surface area contributed by atoms with Gasteiger partial charge in [-0.15, -0.1) is 0 Å². The van der Waals surface area contributed by atoms with Crippen molar-refractivity contribution in [3.05, 3.63) is 58.1 Å². The van der Waals surface area contributed by atoms with E-state index in [-0.39, 0.29) is 5.91 Å². The van der Waals surface area contributed by atoms with E-state index in [1.807, 2.05) is 0 Å². The first-order chi connectivity index (χ1) is 11.4. The molecule has 0 spiro atoms. The van der Waals surface area contributed by atoms with E-state index in [1.165, 1.54) is 13.2 Å². The summed E-state index contributed by atoms with van der Waals surface area (Å²) in [6.07, 6.45) is -0.774. The summed E-state index contributed by atoms with van der Waals surface area (Å²) in [5, 5.41) is 3.50. The van der Waals surface area contributed by atoms with Crippen LogP contribution in [0.5, 0.6) is 5.75 Å². The van der Waals surface area contributed by atoms with Gasteiger partial charge in [-0.25, -0.2) is 4.79 Å². The Morgan fingerprint density at radius 3 is 2.33 bits per heavy atom. The quantitative estimate of drug-likeness (QED) is 0.804. The summed E-state index contributed by atoms with van der Waals surface area (Å²) in [6, 6.07) is 11.1. The molecule has 0 saturated heterocycles. The molecule has 24 heavy (non-hydrogen) atoms. The van der Waals surface area contributed by atoms with Crippen molar-refractivity contribution in [1.82, 2.24) is 0 Å². The molecule has 0 aliphatic carbocycles. The van der Waals surface area contributed by atoms with Crippen LogP contribution in [-0.4, -0.2) is 25.1 Å². The van der Waals surface area contributed by atoms with Crippen LogP contribution in [0.1, 0.15) is 17.3 Å². The summed E-state index contributed by atoms with van der Waals surface area (Å²) in [7, 11) is 1.30. The van der Waals surface area contributed by atoms with Crippen LogP contribution in [0.25, 0.3) is 0 Å².